The van der Waals surface area contributed by atoms with Gasteiger partial charge in [-0.15, -0.1) is 11.3 Å². The molecule has 1 saturated carbocycles. The third kappa shape index (κ3) is 2.58. The summed E-state index contributed by atoms with van der Waals surface area (Å²) in [6, 6.07) is 0. The van der Waals surface area contributed by atoms with Crippen LogP contribution in [0, 0.1) is 0 Å². The van der Waals surface area contributed by atoms with Gasteiger partial charge in [0, 0.05) is 25.1 Å². The van der Waals surface area contributed by atoms with Gasteiger partial charge < -0.3 is 10.6 Å². The van der Waals surface area contributed by atoms with Gasteiger partial charge in [0.1, 0.15) is 0 Å². The third-order valence-electron chi connectivity index (χ3n) is 4.42. The number of ketones is 1. The maximum atomic E-state index is 12.1. The highest BCUT2D eigenvalue weighted by molar-refractivity contribution is 7.19. The molecule has 1 aromatic heterocycles. The second kappa shape index (κ2) is 5.76. The fourth-order valence-electron chi connectivity index (χ4n) is 3.09. The van der Waals surface area contributed by atoms with Crippen LogP contribution in [0.5, 0.6) is 0 Å². The summed E-state index contributed by atoms with van der Waals surface area (Å²) in [4.78, 5) is 15.4. The molecule has 1 aliphatic heterocycles. The molecule has 0 unspecified atom stereocenters. The number of carbonyl (C=O) groups excluding carboxylic acids is 1. The number of rotatable bonds is 4. The van der Waals surface area contributed by atoms with Crippen LogP contribution in [0.1, 0.15) is 73.0 Å². The zero-order valence-electron chi connectivity index (χ0n) is 12.3. The SMILES string of the molecule is CCC(=O)c1sc(N2CCCCCC2)c(C2CC2)c1N. The second-order valence-corrected chi connectivity index (χ2v) is 7.02. The Morgan fingerprint density at radius 1 is 1.25 bits per heavy atom. The molecular formula is C16H24N2OS. The van der Waals surface area contributed by atoms with E-state index in [1.165, 1.54) is 49.1 Å². The van der Waals surface area contributed by atoms with E-state index in [9.17, 15) is 4.79 Å². The predicted molar refractivity (Wildman–Crippen MR) is 86.0 cm³/mol. The first-order valence-corrected chi connectivity index (χ1v) is 8.74. The summed E-state index contributed by atoms with van der Waals surface area (Å²) < 4.78 is 0. The van der Waals surface area contributed by atoms with E-state index in [0.29, 0.717) is 12.3 Å². The lowest BCUT2D eigenvalue weighted by Crippen LogP contribution is -2.23. The Hall–Kier alpha value is -1.03. The minimum Gasteiger partial charge on any atom is -0.397 e. The molecule has 2 N–H and O–H groups in total. The summed E-state index contributed by atoms with van der Waals surface area (Å²) in [7, 11) is 0. The molecule has 2 aliphatic rings. The van der Waals surface area contributed by atoms with Gasteiger partial charge in [-0.2, -0.15) is 0 Å². The van der Waals surface area contributed by atoms with Gasteiger partial charge in [-0.05, 0) is 31.6 Å². The van der Waals surface area contributed by atoms with Crippen molar-refractivity contribution in [3.05, 3.63) is 10.4 Å². The average molecular weight is 292 g/mol. The van der Waals surface area contributed by atoms with Crippen LogP contribution in [0.3, 0.4) is 0 Å². The molecular weight excluding hydrogens is 268 g/mol. The van der Waals surface area contributed by atoms with Crippen LogP contribution in [0.2, 0.25) is 0 Å². The highest BCUT2D eigenvalue weighted by atomic mass is 32.1. The average Bonchev–Trinajstić information content (AvgIpc) is 3.26. The van der Waals surface area contributed by atoms with Crippen LogP contribution < -0.4 is 10.6 Å². The maximum Gasteiger partial charge on any atom is 0.174 e. The number of hydrogen-bond acceptors (Lipinski definition) is 4. The number of anilines is 2. The Morgan fingerprint density at radius 2 is 1.90 bits per heavy atom. The predicted octanol–water partition coefficient (Wildman–Crippen LogP) is 4.18. The van der Waals surface area contributed by atoms with Crippen molar-refractivity contribution in [3.8, 4) is 0 Å². The molecule has 20 heavy (non-hydrogen) atoms. The Balaban J connectivity index is 1.97. The molecule has 1 aliphatic carbocycles. The van der Waals surface area contributed by atoms with E-state index >= 15 is 0 Å². The Kier molecular flexibility index (Phi) is 4.01. The molecule has 1 aromatic rings. The summed E-state index contributed by atoms with van der Waals surface area (Å²) in [5, 5.41) is 1.31. The van der Waals surface area contributed by atoms with E-state index in [1.54, 1.807) is 11.3 Å². The van der Waals surface area contributed by atoms with E-state index in [2.05, 4.69) is 4.90 Å². The fraction of sp³-hybridized carbons (Fsp3) is 0.688. The van der Waals surface area contributed by atoms with Gasteiger partial charge in [-0.25, -0.2) is 0 Å². The molecule has 3 nitrogen and oxygen atoms in total. The fourth-order valence-corrected chi connectivity index (χ4v) is 4.46. The largest absolute Gasteiger partial charge is 0.397 e. The van der Waals surface area contributed by atoms with E-state index in [0.717, 1.165) is 23.7 Å². The minimum absolute atomic E-state index is 0.204. The quantitative estimate of drug-likeness (QED) is 0.847. The molecule has 3 rings (SSSR count). The van der Waals surface area contributed by atoms with Crippen molar-refractivity contribution in [2.45, 2.75) is 57.8 Å². The van der Waals surface area contributed by atoms with Gasteiger partial charge >= 0.3 is 0 Å². The molecule has 0 aromatic carbocycles. The Bertz CT molecular complexity index is 497. The lowest BCUT2D eigenvalue weighted by molar-refractivity contribution is 0.0993. The van der Waals surface area contributed by atoms with E-state index in [-0.39, 0.29) is 5.78 Å². The normalized spacial score (nSPS) is 19.9. The Labute approximate surface area is 125 Å². The zero-order valence-corrected chi connectivity index (χ0v) is 13.1. The third-order valence-corrected chi connectivity index (χ3v) is 5.74. The van der Waals surface area contributed by atoms with E-state index in [4.69, 9.17) is 5.73 Å². The maximum absolute atomic E-state index is 12.1. The zero-order chi connectivity index (χ0) is 14.1. The van der Waals surface area contributed by atoms with Crippen LogP contribution in [0.4, 0.5) is 10.7 Å². The highest BCUT2D eigenvalue weighted by Gasteiger charge is 2.34. The summed E-state index contributed by atoms with van der Waals surface area (Å²) >= 11 is 1.65. The number of nitrogens with zero attached hydrogens (tertiary/aromatic N) is 1. The smallest absolute Gasteiger partial charge is 0.174 e. The molecule has 0 atom stereocenters. The summed E-state index contributed by atoms with van der Waals surface area (Å²) in [5.41, 5.74) is 8.42. The van der Waals surface area contributed by atoms with Crippen LogP contribution in [-0.2, 0) is 0 Å². The summed E-state index contributed by atoms with van der Waals surface area (Å²) in [6.07, 6.45) is 8.21. The first-order chi connectivity index (χ1) is 9.72. The van der Waals surface area contributed by atoms with Crippen molar-refractivity contribution in [3.63, 3.8) is 0 Å². The van der Waals surface area contributed by atoms with Gasteiger partial charge in [0.15, 0.2) is 5.78 Å². The van der Waals surface area contributed by atoms with E-state index in [1.807, 2.05) is 6.92 Å². The number of nitrogens with two attached hydrogens (primary N) is 1. The van der Waals surface area contributed by atoms with Crippen molar-refractivity contribution >= 4 is 27.8 Å². The monoisotopic (exact) mass is 292 g/mol. The number of Topliss-reactive ketones (excluding diaryl/α,β-unsaturated/α-hetero) is 1. The summed E-state index contributed by atoms with van der Waals surface area (Å²) in [5.74, 6) is 0.818. The first kappa shape index (κ1) is 13.9. The molecule has 0 radical (unpaired) electrons. The number of thiophene rings is 1. The molecule has 110 valence electrons. The van der Waals surface area contributed by atoms with Crippen LogP contribution in [-0.4, -0.2) is 18.9 Å². The van der Waals surface area contributed by atoms with Crippen molar-refractivity contribution < 1.29 is 4.79 Å². The molecule has 0 amide bonds. The number of nitrogen functional groups attached to an aromatic ring is 1. The lowest BCUT2D eigenvalue weighted by Gasteiger charge is -2.22. The molecule has 2 heterocycles. The standard InChI is InChI=1S/C16H24N2OS/c1-2-12(19)15-14(17)13(11-7-8-11)16(20-15)18-9-5-3-4-6-10-18/h11H,2-10,17H2,1H3. The van der Waals surface area contributed by atoms with Gasteiger partial charge in [0.25, 0.3) is 0 Å². The van der Waals surface area contributed by atoms with Crippen molar-refractivity contribution in [2.75, 3.05) is 23.7 Å². The van der Waals surface area contributed by atoms with Crippen molar-refractivity contribution in [1.82, 2.24) is 0 Å². The van der Waals surface area contributed by atoms with Gasteiger partial charge in [0.2, 0.25) is 0 Å². The number of carbonyl (C=O) groups is 1. The van der Waals surface area contributed by atoms with Crippen molar-refractivity contribution in [1.29, 1.82) is 0 Å². The lowest BCUT2D eigenvalue weighted by atomic mass is 10.1. The topological polar surface area (TPSA) is 46.3 Å². The van der Waals surface area contributed by atoms with Gasteiger partial charge in [-0.1, -0.05) is 19.8 Å². The molecule has 0 bridgehead atoms. The van der Waals surface area contributed by atoms with Crippen LogP contribution in [0.25, 0.3) is 0 Å². The van der Waals surface area contributed by atoms with Crippen LogP contribution >= 0.6 is 11.3 Å². The molecule has 2 fully saturated rings. The minimum atomic E-state index is 0.204. The Morgan fingerprint density at radius 3 is 2.45 bits per heavy atom. The highest BCUT2D eigenvalue weighted by Crippen LogP contribution is 2.52. The van der Waals surface area contributed by atoms with Gasteiger partial charge in [-0.3, -0.25) is 4.79 Å². The molecule has 4 heteroatoms. The molecule has 1 saturated heterocycles. The summed E-state index contributed by atoms with van der Waals surface area (Å²) in [6.45, 7) is 4.17. The van der Waals surface area contributed by atoms with Crippen molar-refractivity contribution in [2.24, 2.45) is 0 Å². The second-order valence-electron chi connectivity index (χ2n) is 6.02. The number of hydrogen-bond donors (Lipinski definition) is 1. The first-order valence-electron chi connectivity index (χ1n) is 7.92. The van der Waals surface area contributed by atoms with E-state index < -0.39 is 0 Å². The molecule has 0 spiro atoms. The van der Waals surface area contributed by atoms with Crippen LogP contribution in [0.15, 0.2) is 0 Å². The van der Waals surface area contributed by atoms with Gasteiger partial charge in [0.05, 0.1) is 15.6 Å².